The molecule has 208 valence electrons. The molecule has 0 radical (unpaired) electrons. The Morgan fingerprint density at radius 2 is 1.52 bits per heavy atom. The van der Waals surface area contributed by atoms with E-state index in [4.69, 9.17) is 0 Å². The predicted octanol–water partition coefficient (Wildman–Crippen LogP) is 4.55. The van der Waals surface area contributed by atoms with E-state index in [1.54, 1.807) is 0 Å². The lowest BCUT2D eigenvalue weighted by molar-refractivity contribution is 0.0646. The molecule has 1 N–H and O–H groups in total. The minimum Gasteiger partial charge on any atom is -0.320 e. The number of hydrogen-bond acceptors (Lipinski definition) is 5. The van der Waals surface area contributed by atoms with Gasteiger partial charge in [-0.25, -0.2) is 0 Å². The van der Waals surface area contributed by atoms with Crippen molar-refractivity contribution in [3.63, 3.8) is 0 Å². The van der Waals surface area contributed by atoms with Crippen LogP contribution < -0.4 is 5.32 Å². The molecule has 0 fully saturated rings. The van der Waals surface area contributed by atoms with E-state index in [0.29, 0.717) is 17.7 Å². The van der Waals surface area contributed by atoms with E-state index in [1.807, 2.05) is 25.2 Å². The molecule has 4 aliphatic rings. The SMILES string of the molecule is CNCCCN1CCC2=C(C=C[C@@H](c3cccc4c3C(=O)N(CCCN3CCc5ccccc5C3)C4=O)C=C2)C1. The number of allylic oxidation sites excluding steroid dienone is 3. The zero-order valence-electron chi connectivity index (χ0n) is 23.6. The topological polar surface area (TPSA) is 55.9 Å². The van der Waals surface area contributed by atoms with Crippen LogP contribution in [0.1, 0.15) is 62.6 Å². The van der Waals surface area contributed by atoms with Crippen molar-refractivity contribution in [2.75, 3.05) is 52.9 Å². The van der Waals surface area contributed by atoms with Crippen LogP contribution >= 0.6 is 0 Å². The van der Waals surface area contributed by atoms with Gasteiger partial charge in [-0.1, -0.05) is 60.7 Å². The van der Waals surface area contributed by atoms with Gasteiger partial charge in [0.15, 0.2) is 0 Å². The lowest BCUT2D eigenvalue weighted by atomic mass is 9.91. The number of fused-ring (bicyclic) bond motifs is 2. The smallest absolute Gasteiger partial charge is 0.261 e. The number of nitrogens with zero attached hydrogens (tertiary/aromatic N) is 3. The molecule has 40 heavy (non-hydrogen) atoms. The highest BCUT2D eigenvalue weighted by atomic mass is 16.2. The fourth-order valence-corrected chi connectivity index (χ4v) is 6.63. The maximum absolute atomic E-state index is 13.6. The monoisotopic (exact) mass is 536 g/mol. The lowest BCUT2D eigenvalue weighted by Gasteiger charge is -2.29. The van der Waals surface area contributed by atoms with Crippen LogP contribution in [0, 0.1) is 0 Å². The molecule has 2 aromatic rings. The first kappa shape index (κ1) is 26.9. The summed E-state index contributed by atoms with van der Waals surface area (Å²) in [5.41, 5.74) is 7.66. The summed E-state index contributed by atoms with van der Waals surface area (Å²) in [5.74, 6) is -0.315. The van der Waals surface area contributed by atoms with Gasteiger partial charge >= 0.3 is 0 Å². The third-order valence-corrected chi connectivity index (χ3v) is 8.87. The Balaban J connectivity index is 1.11. The zero-order valence-corrected chi connectivity index (χ0v) is 23.6. The van der Waals surface area contributed by atoms with Crippen LogP contribution in [0.15, 0.2) is 77.9 Å². The molecular weight excluding hydrogens is 496 g/mol. The van der Waals surface area contributed by atoms with Crippen molar-refractivity contribution in [1.82, 2.24) is 20.0 Å². The molecule has 0 saturated heterocycles. The number of rotatable bonds is 9. The van der Waals surface area contributed by atoms with E-state index in [9.17, 15) is 9.59 Å². The number of hydrogen-bond donors (Lipinski definition) is 1. The van der Waals surface area contributed by atoms with Crippen LogP contribution in [-0.4, -0.2) is 79.4 Å². The van der Waals surface area contributed by atoms with Gasteiger partial charge in [0.2, 0.25) is 0 Å². The Morgan fingerprint density at radius 1 is 0.775 bits per heavy atom. The van der Waals surface area contributed by atoms with Crippen LogP contribution in [0.2, 0.25) is 0 Å². The van der Waals surface area contributed by atoms with Crippen LogP contribution in [-0.2, 0) is 13.0 Å². The summed E-state index contributed by atoms with van der Waals surface area (Å²) in [6.45, 7) is 7.48. The van der Waals surface area contributed by atoms with Gasteiger partial charge in [0.25, 0.3) is 11.8 Å². The highest BCUT2D eigenvalue weighted by Gasteiger charge is 2.38. The van der Waals surface area contributed by atoms with Gasteiger partial charge in [0.05, 0.1) is 11.1 Å². The first-order chi connectivity index (χ1) is 19.6. The minimum absolute atomic E-state index is 0.0246. The van der Waals surface area contributed by atoms with Gasteiger partial charge in [-0.2, -0.15) is 0 Å². The third kappa shape index (κ3) is 5.49. The van der Waals surface area contributed by atoms with Crippen molar-refractivity contribution in [2.45, 2.75) is 38.1 Å². The number of imide groups is 1. The van der Waals surface area contributed by atoms with Gasteiger partial charge in [0.1, 0.15) is 0 Å². The van der Waals surface area contributed by atoms with Crippen molar-refractivity contribution in [3.8, 4) is 0 Å². The van der Waals surface area contributed by atoms with E-state index < -0.39 is 0 Å². The molecule has 0 bridgehead atoms. The largest absolute Gasteiger partial charge is 0.320 e. The maximum atomic E-state index is 13.6. The first-order valence-electron chi connectivity index (χ1n) is 14.9. The Labute approximate surface area is 238 Å². The van der Waals surface area contributed by atoms with Gasteiger partial charge in [-0.05, 0) is 79.7 Å². The van der Waals surface area contributed by atoms with Gasteiger partial charge in [-0.3, -0.25) is 24.3 Å². The summed E-state index contributed by atoms with van der Waals surface area (Å²) in [7, 11) is 2.00. The normalized spacial score (nSPS) is 21.0. The lowest BCUT2D eigenvalue weighted by Crippen LogP contribution is -2.35. The molecule has 3 heterocycles. The molecule has 6 nitrogen and oxygen atoms in total. The number of benzene rings is 2. The molecular formula is C34H40N4O2. The van der Waals surface area contributed by atoms with E-state index in [1.165, 1.54) is 27.2 Å². The highest BCUT2D eigenvalue weighted by Crippen LogP contribution is 2.35. The second-order valence-electron chi connectivity index (χ2n) is 11.5. The Morgan fingerprint density at radius 3 is 2.38 bits per heavy atom. The second-order valence-corrected chi connectivity index (χ2v) is 11.5. The molecule has 1 aliphatic carbocycles. The van der Waals surface area contributed by atoms with Crippen LogP contribution in [0.4, 0.5) is 0 Å². The molecule has 1 atom stereocenters. The Bertz CT molecular complexity index is 1370. The van der Waals surface area contributed by atoms with Gasteiger partial charge in [0, 0.05) is 45.2 Å². The summed E-state index contributed by atoms with van der Waals surface area (Å²) < 4.78 is 0. The number of carbonyl (C=O) groups is 2. The van der Waals surface area contributed by atoms with Crippen molar-refractivity contribution in [1.29, 1.82) is 0 Å². The quantitative estimate of drug-likeness (QED) is 0.376. The van der Waals surface area contributed by atoms with Crippen LogP contribution in [0.25, 0.3) is 0 Å². The Hall–Kier alpha value is -3.32. The molecule has 0 unspecified atom stereocenters. The minimum atomic E-state index is -0.151. The third-order valence-electron chi connectivity index (χ3n) is 8.87. The number of carbonyl (C=O) groups excluding carboxylic acids is 2. The van der Waals surface area contributed by atoms with E-state index >= 15 is 0 Å². The zero-order chi connectivity index (χ0) is 27.5. The van der Waals surface area contributed by atoms with E-state index in [2.05, 4.69) is 63.7 Å². The van der Waals surface area contributed by atoms with Crippen LogP contribution in [0.5, 0.6) is 0 Å². The fourth-order valence-electron chi connectivity index (χ4n) is 6.63. The first-order valence-corrected chi connectivity index (χ1v) is 14.9. The molecule has 2 amide bonds. The standard InChI is InChI=1S/C34H40N4O2/c1-35-17-5-18-36-22-16-26-11-12-27(13-14-29(26)24-36)30-9-4-10-31-32(30)34(40)38(33(31)39)20-6-19-37-21-15-25-7-2-3-8-28(25)23-37/h2-4,7-14,27,35H,5-6,15-24H2,1H3/t27-/m0/s1. The van der Waals surface area contributed by atoms with Crippen molar-refractivity contribution < 1.29 is 9.59 Å². The molecule has 2 aromatic carbocycles. The van der Waals surface area contributed by atoms with Crippen LogP contribution in [0.3, 0.4) is 0 Å². The molecule has 6 heteroatoms. The van der Waals surface area contributed by atoms with Crippen molar-refractivity contribution in [2.24, 2.45) is 0 Å². The average Bonchev–Trinajstić information content (AvgIpc) is 3.11. The molecule has 6 rings (SSSR count). The fraction of sp³-hybridized carbons (Fsp3) is 0.412. The summed E-state index contributed by atoms with van der Waals surface area (Å²) in [6.07, 6.45) is 13.0. The average molecular weight is 537 g/mol. The van der Waals surface area contributed by atoms with E-state index in [0.717, 1.165) is 77.1 Å². The summed E-state index contributed by atoms with van der Waals surface area (Å²) >= 11 is 0. The van der Waals surface area contributed by atoms with Gasteiger partial charge < -0.3 is 5.32 Å². The molecule has 0 spiro atoms. The highest BCUT2D eigenvalue weighted by molar-refractivity contribution is 6.22. The Kier molecular flexibility index (Phi) is 8.10. The molecule has 0 saturated carbocycles. The maximum Gasteiger partial charge on any atom is 0.261 e. The molecule has 3 aliphatic heterocycles. The molecule has 0 aromatic heterocycles. The van der Waals surface area contributed by atoms with Crippen molar-refractivity contribution >= 4 is 11.8 Å². The predicted molar refractivity (Wildman–Crippen MR) is 159 cm³/mol. The number of amides is 2. The summed E-state index contributed by atoms with van der Waals surface area (Å²) in [4.78, 5) is 33.4. The van der Waals surface area contributed by atoms with Crippen molar-refractivity contribution in [3.05, 3.63) is 106 Å². The van der Waals surface area contributed by atoms with E-state index in [-0.39, 0.29) is 17.7 Å². The summed E-state index contributed by atoms with van der Waals surface area (Å²) in [5, 5.41) is 3.24. The second kappa shape index (κ2) is 12.0. The number of nitrogens with one attached hydrogen (secondary N) is 1. The van der Waals surface area contributed by atoms with Gasteiger partial charge in [-0.15, -0.1) is 0 Å². The summed E-state index contributed by atoms with van der Waals surface area (Å²) in [6, 6.07) is 14.4.